The third kappa shape index (κ3) is 4.01. The van der Waals surface area contributed by atoms with Crippen LogP contribution in [-0.2, 0) is 9.59 Å². The summed E-state index contributed by atoms with van der Waals surface area (Å²) in [6.45, 7) is 3.19. The molecule has 0 aliphatic carbocycles. The molecule has 2 heterocycles. The van der Waals surface area contributed by atoms with Crippen molar-refractivity contribution in [2.75, 3.05) is 10.0 Å². The number of carbonyl (C=O) groups is 2. The summed E-state index contributed by atoms with van der Waals surface area (Å²) in [6.07, 6.45) is 0. The van der Waals surface area contributed by atoms with Gasteiger partial charge in [-0.15, -0.1) is 23.2 Å². The van der Waals surface area contributed by atoms with Gasteiger partial charge in [0, 0.05) is 10.0 Å². The lowest BCUT2D eigenvalue weighted by Gasteiger charge is -2.29. The molecule has 4 rings (SSSR count). The first-order valence-electron chi connectivity index (χ1n) is 9.49. The number of amides is 2. The zero-order valence-corrected chi connectivity index (χ0v) is 21.5. The van der Waals surface area contributed by atoms with Gasteiger partial charge >= 0.3 is 0 Å². The van der Waals surface area contributed by atoms with Crippen LogP contribution in [-0.4, -0.2) is 33.5 Å². The molecule has 2 aromatic carbocycles. The van der Waals surface area contributed by atoms with Crippen LogP contribution in [0.2, 0.25) is 20.1 Å². The second-order valence-corrected chi connectivity index (χ2v) is 10.2. The number of hydrogen-bond acceptors (Lipinski definition) is 4. The van der Waals surface area contributed by atoms with Crippen molar-refractivity contribution < 1.29 is 9.59 Å². The normalized spacial score (nSPS) is 23.8. The van der Waals surface area contributed by atoms with E-state index >= 15 is 0 Å². The predicted molar refractivity (Wildman–Crippen MR) is 136 cm³/mol. The third-order valence-corrected chi connectivity index (χ3v) is 7.85. The van der Waals surface area contributed by atoms with Gasteiger partial charge in [-0.05, 0) is 50.2 Å². The van der Waals surface area contributed by atoms with E-state index in [4.69, 9.17) is 69.6 Å². The lowest BCUT2D eigenvalue weighted by molar-refractivity contribution is -0.121. The van der Waals surface area contributed by atoms with E-state index in [-0.39, 0.29) is 21.4 Å². The zero-order valence-electron chi connectivity index (χ0n) is 17.0. The summed E-state index contributed by atoms with van der Waals surface area (Å²) < 4.78 is 0. The molecule has 2 aromatic rings. The minimum atomic E-state index is -1.82. The first-order chi connectivity index (χ1) is 15.5. The van der Waals surface area contributed by atoms with Crippen LogP contribution >= 0.6 is 69.6 Å². The van der Waals surface area contributed by atoms with Gasteiger partial charge in [-0.1, -0.05) is 46.4 Å². The van der Waals surface area contributed by atoms with Crippen molar-refractivity contribution >= 4 is 104 Å². The van der Waals surface area contributed by atoms with Gasteiger partial charge in [-0.2, -0.15) is 20.2 Å². The second-order valence-electron chi connectivity index (χ2n) is 7.48. The Kier molecular flexibility index (Phi) is 6.64. The molecule has 2 aliphatic heterocycles. The molecule has 3 atom stereocenters. The Hall–Kier alpha value is -1.54. The van der Waals surface area contributed by atoms with Gasteiger partial charge in [0.2, 0.25) is 0 Å². The number of carbonyl (C=O) groups excluding carboxylic acids is 2. The molecule has 0 unspecified atom stereocenters. The van der Waals surface area contributed by atoms with Gasteiger partial charge in [-0.25, -0.2) is 0 Å². The molecule has 0 N–H and O–H groups in total. The average molecular weight is 567 g/mol. The van der Waals surface area contributed by atoms with E-state index in [0.29, 0.717) is 21.4 Å². The zero-order chi connectivity index (χ0) is 24.2. The molecule has 172 valence electrons. The molecular weight excluding hydrogens is 553 g/mol. The van der Waals surface area contributed by atoms with Crippen molar-refractivity contribution in [2.24, 2.45) is 16.1 Å². The fourth-order valence-electron chi connectivity index (χ4n) is 3.68. The maximum Gasteiger partial charge on any atom is 0.276 e. The van der Waals surface area contributed by atoms with Gasteiger partial charge in [0.1, 0.15) is 0 Å². The molecule has 33 heavy (non-hydrogen) atoms. The van der Waals surface area contributed by atoms with Crippen molar-refractivity contribution in [2.45, 2.75) is 24.1 Å². The fourth-order valence-corrected chi connectivity index (χ4v) is 5.45. The molecule has 0 radical (unpaired) electrons. The maximum absolute atomic E-state index is 13.4. The Labute approximate surface area is 219 Å². The summed E-state index contributed by atoms with van der Waals surface area (Å²) in [5.41, 5.74) is 1.20. The number of hydrazone groups is 2. The second kappa shape index (κ2) is 8.91. The SMILES string of the molecule is CC1=NN(c2ccc(Cl)cc2Cl)C(=O)[C@H]1[C@@H](Cl)[C@@]1(Cl)C(=O)N(c2ccc(Cl)cc2Cl)N=C1C. The minimum Gasteiger partial charge on any atom is -0.272 e. The Balaban J connectivity index is 1.67. The molecule has 12 heteroatoms. The van der Waals surface area contributed by atoms with Gasteiger partial charge in [0.05, 0.1) is 44.1 Å². The first-order valence-corrected chi connectivity index (χ1v) is 11.8. The summed E-state index contributed by atoms with van der Waals surface area (Å²) in [5, 5.41) is 10.8. The van der Waals surface area contributed by atoms with Crippen LogP contribution in [0, 0.1) is 5.92 Å². The smallest absolute Gasteiger partial charge is 0.272 e. The highest BCUT2D eigenvalue weighted by atomic mass is 35.5. The molecule has 0 aromatic heterocycles. The van der Waals surface area contributed by atoms with Gasteiger partial charge in [-0.3, -0.25) is 9.59 Å². The van der Waals surface area contributed by atoms with Crippen LogP contribution < -0.4 is 10.0 Å². The van der Waals surface area contributed by atoms with Crippen LogP contribution in [0.15, 0.2) is 46.6 Å². The fraction of sp³-hybridized carbons (Fsp3) is 0.238. The van der Waals surface area contributed by atoms with Crippen molar-refractivity contribution in [3.63, 3.8) is 0 Å². The first kappa shape index (κ1) is 24.6. The van der Waals surface area contributed by atoms with Crippen LogP contribution in [0.4, 0.5) is 11.4 Å². The molecule has 0 saturated heterocycles. The predicted octanol–water partition coefficient (Wildman–Crippen LogP) is 6.65. The molecule has 0 spiro atoms. The Morgan fingerprint density at radius 3 is 1.91 bits per heavy atom. The Morgan fingerprint density at radius 2 is 1.39 bits per heavy atom. The van der Waals surface area contributed by atoms with Crippen LogP contribution in [0.1, 0.15) is 13.8 Å². The quantitative estimate of drug-likeness (QED) is 0.389. The monoisotopic (exact) mass is 564 g/mol. The van der Waals surface area contributed by atoms with E-state index in [9.17, 15) is 9.59 Å². The van der Waals surface area contributed by atoms with E-state index in [1.54, 1.807) is 38.1 Å². The van der Waals surface area contributed by atoms with Crippen molar-refractivity contribution in [3.05, 3.63) is 56.5 Å². The van der Waals surface area contributed by atoms with Crippen LogP contribution in [0.5, 0.6) is 0 Å². The number of rotatable bonds is 4. The largest absolute Gasteiger partial charge is 0.276 e. The van der Waals surface area contributed by atoms with E-state index < -0.39 is 28.0 Å². The maximum atomic E-state index is 13.4. The molecule has 6 nitrogen and oxygen atoms in total. The molecule has 2 amide bonds. The highest BCUT2D eigenvalue weighted by Crippen LogP contribution is 2.44. The molecule has 0 saturated carbocycles. The Morgan fingerprint density at radius 1 is 0.879 bits per heavy atom. The van der Waals surface area contributed by atoms with E-state index in [1.807, 2.05) is 0 Å². The minimum absolute atomic E-state index is 0.206. The third-order valence-electron chi connectivity index (χ3n) is 5.41. The summed E-state index contributed by atoms with van der Waals surface area (Å²) >= 11 is 38.0. The standard InChI is InChI=1S/C21H14Cl6N4O2/c1-9-17(19(32)30(28-9)15-5-3-11(22)7-13(15)24)18(26)21(27)10(2)29-31(20(21)33)16-6-4-12(23)8-14(16)25/h3-8,17-18H,1-2H3/t17-,18-,21-/m1/s1. The molecule has 2 aliphatic rings. The van der Waals surface area contributed by atoms with Crippen LogP contribution in [0.3, 0.4) is 0 Å². The van der Waals surface area contributed by atoms with Gasteiger partial charge in [0.25, 0.3) is 11.8 Å². The summed E-state index contributed by atoms with van der Waals surface area (Å²) in [5.74, 6) is -2.14. The highest BCUT2D eigenvalue weighted by Gasteiger charge is 2.59. The lowest BCUT2D eigenvalue weighted by atomic mass is 9.87. The molecule has 0 bridgehead atoms. The lowest BCUT2D eigenvalue weighted by Crippen LogP contribution is -2.53. The number of halogens is 6. The van der Waals surface area contributed by atoms with E-state index in [1.165, 1.54) is 12.1 Å². The van der Waals surface area contributed by atoms with Crippen molar-refractivity contribution in [3.8, 4) is 0 Å². The Bertz CT molecular complexity index is 1250. The topological polar surface area (TPSA) is 65.3 Å². The number of alkyl halides is 2. The average Bonchev–Trinajstić information content (AvgIpc) is 3.15. The number of anilines is 2. The van der Waals surface area contributed by atoms with E-state index in [2.05, 4.69) is 10.2 Å². The highest BCUT2D eigenvalue weighted by molar-refractivity contribution is 6.56. The number of nitrogens with zero attached hydrogens (tertiary/aromatic N) is 4. The molecular formula is C21H14Cl6N4O2. The van der Waals surface area contributed by atoms with Crippen molar-refractivity contribution in [1.29, 1.82) is 0 Å². The summed E-state index contributed by atoms with van der Waals surface area (Å²) in [7, 11) is 0. The van der Waals surface area contributed by atoms with E-state index in [0.717, 1.165) is 10.0 Å². The van der Waals surface area contributed by atoms with Crippen LogP contribution in [0.25, 0.3) is 0 Å². The number of hydrogen-bond donors (Lipinski definition) is 0. The summed E-state index contributed by atoms with van der Waals surface area (Å²) in [4.78, 5) is 24.9. The summed E-state index contributed by atoms with van der Waals surface area (Å²) in [6, 6.07) is 9.24. The van der Waals surface area contributed by atoms with Crippen molar-refractivity contribution in [1.82, 2.24) is 0 Å². The number of benzene rings is 2. The van der Waals surface area contributed by atoms with Gasteiger partial charge in [0.15, 0.2) is 4.87 Å². The molecule has 0 fully saturated rings. The van der Waals surface area contributed by atoms with Gasteiger partial charge < -0.3 is 0 Å².